The number of benzene rings is 1. The van der Waals surface area contributed by atoms with Gasteiger partial charge in [-0.3, -0.25) is 0 Å². The van der Waals surface area contributed by atoms with Crippen LogP contribution in [0.25, 0.3) is 6.08 Å². The monoisotopic (exact) mass is 222 g/mol. The average Bonchev–Trinajstić information content (AvgIpc) is 2.03. The summed E-state index contributed by atoms with van der Waals surface area (Å²) in [4.78, 5) is 0. The fourth-order valence-electron chi connectivity index (χ4n) is 0.637. The van der Waals surface area contributed by atoms with Gasteiger partial charge in [0.15, 0.2) is 0 Å². The summed E-state index contributed by atoms with van der Waals surface area (Å²) in [6.07, 6.45) is -2.15. The van der Waals surface area contributed by atoms with Gasteiger partial charge in [-0.25, -0.2) is 0 Å². The van der Waals surface area contributed by atoms with Crippen LogP contribution < -0.4 is 0 Å². The van der Waals surface area contributed by atoms with Crippen molar-refractivity contribution in [2.24, 2.45) is 0 Å². The molecule has 14 heavy (non-hydrogen) atoms. The topological polar surface area (TPSA) is 0 Å². The zero-order valence-electron chi connectivity index (χ0n) is 7.55. The Morgan fingerprint density at radius 1 is 1.14 bits per heavy atom. The minimum atomic E-state index is -4.00. The first-order chi connectivity index (χ1) is 6.43. The molecule has 0 atom stereocenters. The molecule has 0 radical (unpaired) electrons. The molecule has 0 saturated carbocycles. The molecular formula is C10H10ClF3. The third-order valence-electron chi connectivity index (χ3n) is 1.06. The van der Waals surface area contributed by atoms with Crippen molar-refractivity contribution in [3.05, 3.63) is 41.4 Å². The van der Waals surface area contributed by atoms with E-state index >= 15 is 0 Å². The molecule has 0 nitrogen and oxygen atoms in total. The van der Waals surface area contributed by atoms with E-state index in [0.29, 0.717) is 0 Å². The molecule has 0 aliphatic heterocycles. The van der Waals surface area contributed by atoms with Gasteiger partial charge >= 0.3 is 6.18 Å². The van der Waals surface area contributed by atoms with Crippen LogP contribution in [0.15, 0.2) is 35.9 Å². The van der Waals surface area contributed by atoms with Crippen LogP contribution in [0, 0.1) is 0 Å². The van der Waals surface area contributed by atoms with E-state index < -0.39 is 6.18 Å². The van der Waals surface area contributed by atoms with E-state index in [-0.39, 0.29) is 6.92 Å². The fourth-order valence-corrected chi connectivity index (χ4v) is 0.782. The zero-order chi connectivity index (χ0) is 11.0. The van der Waals surface area contributed by atoms with Gasteiger partial charge in [0.25, 0.3) is 0 Å². The molecule has 78 valence electrons. The minimum Gasteiger partial charge on any atom is -0.172 e. The molecule has 0 bridgehead atoms. The molecule has 0 amide bonds. The Kier molecular flexibility index (Phi) is 6.04. The number of rotatable bonds is 1. The van der Waals surface area contributed by atoms with Crippen molar-refractivity contribution in [3.8, 4) is 0 Å². The Labute approximate surface area is 86.0 Å². The quantitative estimate of drug-likeness (QED) is 0.658. The molecule has 0 aliphatic rings. The highest BCUT2D eigenvalue weighted by molar-refractivity contribution is 6.27. The van der Waals surface area contributed by atoms with E-state index in [1.165, 1.54) is 5.54 Å². The van der Waals surface area contributed by atoms with Crippen LogP contribution in [-0.4, -0.2) is 6.18 Å². The van der Waals surface area contributed by atoms with E-state index in [0.717, 1.165) is 5.56 Å². The standard InChI is InChI=1S/C8H7Cl.C2H3F3/c9-7-6-8-4-2-1-3-5-8;1-2(3,4)5/h1-7H;1H3. The van der Waals surface area contributed by atoms with Crippen molar-refractivity contribution in [1.29, 1.82) is 0 Å². The summed E-state index contributed by atoms with van der Waals surface area (Å²) in [5.41, 5.74) is 2.64. The maximum Gasteiger partial charge on any atom is 0.386 e. The van der Waals surface area contributed by atoms with Crippen LogP contribution in [0.3, 0.4) is 0 Å². The number of alkyl halides is 3. The first kappa shape index (κ1) is 13.0. The molecule has 4 heteroatoms. The Hall–Kier alpha value is -0.960. The summed E-state index contributed by atoms with van der Waals surface area (Å²) in [5.74, 6) is 0. The zero-order valence-corrected chi connectivity index (χ0v) is 8.31. The van der Waals surface area contributed by atoms with Crippen molar-refractivity contribution >= 4 is 17.7 Å². The van der Waals surface area contributed by atoms with E-state index in [1.54, 1.807) is 0 Å². The predicted molar refractivity (Wildman–Crippen MR) is 53.1 cm³/mol. The highest BCUT2D eigenvalue weighted by atomic mass is 35.5. The Balaban J connectivity index is 0.000000292. The largest absolute Gasteiger partial charge is 0.386 e. The summed E-state index contributed by atoms with van der Waals surface area (Å²) >= 11 is 5.36. The lowest BCUT2D eigenvalue weighted by molar-refractivity contribution is -0.110. The van der Waals surface area contributed by atoms with Crippen molar-refractivity contribution in [2.45, 2.75) is 13.1 Å². The van der Waals surface area contributed by atoms with Crippen LogP contribution in [0.4, 0.5) is 13.2 Å². The summed E-state index contributed by atoms with van der Waals surface area (Å²) in [5, 5.41) is 0. The fraction of sp³-hybridized carbons (Fsp3) is 0.200. The van der Waals surface area contributed by atoms with Gasteiger partial charge in [-0.2, -0.15) is 13.2 Å². The molecule has 0 aliphatic carbocycles. The molecule has 0 unspecified atom stereocenters. The lowest BCUT2D eigenvalue weighted by Crippen LogP contribution is -1.95. The van der Waals surface area contributed by atoms with Gasteiger partial charge in [-0.1, -0.05) is 41.9 Å². The second kappa shape index (κ2) is 6.49. The first-order valence-electron chi connectivity index (χ1n) is 3.82. The molecule has 0 heterocycles. The highest BCUT2D eigenvalue weighted by Gasteiger charge is 2.15. The summed E-state index contributed by atoms with van der Waals surface area (Å²) in [7, 11) is 0. The third-order valence-corrected chi connectivity index (χ3v) is 1.18. The van der Waals surface area contributed by atoms with Gasteiger partial charge in [-0.15, -0.1) is 0 Å². The Bertz CT molecular complexity index is 258. The third kappa shape index (κ3) is 11.0. The molecule has 0 N–H and O–H groups in total. The Morgan fingerprint density at radius 2 is 1.57 bits per heavy atom. The molecule has 0 aromatic heterocycles. The van der Waals surface area contributed by atoms with Crippen molar-refractivity contribution in [2.75, 3.05) is 0 Å². The van der Waals surface area contributed by atoms with Crippen LogP contribution >= 0.6 is 11.6 Å². The number of halogens is 4. The normalized spacial score (nSPS) is 10.9. The van der Waals surface area contributed by atoms with Crippen LogP contribution in [0.1, 0.15) is 12.5 Å². The van der Waals surface area contributed by atoms with E-state index in [2.05, 4.69) is 0 Å². The lowest BCUT2D eigenvalue weighted by Gasteiger charge is -1.88. The lowest BCUT2D eigenvalue weighted by atomic mass is 10.2. The van der Waals surface area contributed by atoms with Gasteiger partial charge in [0.2, 0.25) is 0 Å². The molecule has 1 aromatic rings. The minimum absolute atomic E-state index is 0.188. The van der Waals surface area contributed by atoms with Crippen molar-refractivity contribution < 1.29 is 13.2 Å². The first-order valence-corrected chi connectivity index (χ1v) is 4.25. The second-order valence-electron chi connectivity index (χ2n) is 2.48. The maximum atomic E-state index is 10.4. The van der Waals surface area contributed by atoms with E-state index in [9.17, 15) is 13.2 Å². The number of hydrogen-bond donors (Lipinski definition) is 0. The summed E-state index contributed by atoms with van der Waals surface area (Å²) in [6, 6.07) is 9.93. The molecular weight excluding hydrogens is 213 g/mol. The second-order valence-corrected chi connectivity index (χ2v) is 2.74. The SMILES string of the molecule is CC(F)(F)F.ClC=Cc1ccccc1. The number of hydrogen-bond acceptors (Lipinski definition) is 0. The van der Waals surface area contributed by atoms with Crippen LogP contribution in [0.2, 0.25) is 0 Å². The van der Waals surface area contributed by atoms with Crippen LogP contribution in [0.5, 0.6) is 0 Å². The summed E-state index contributed by atoms with van der Waals surface area (Å²) in [6.45, 7) is 0.188. The molecule has 0 spiro atoms. The van der Waals surface area contributed by atoms with Gasteiger partial charge in [0.1, 0.15) is 0 Å². The molecule has 0 saturated heterocycles. The van der Waals surface area contributed by atoms with Gasteiger partial charge < -0.3 is 0 Å². The van der Waals surface area contributed by atoms with Crippen LogP contribution in [-0.2, 0) is 0 Å². The van der Waals surface area contributed by atoms with Crippen molar-refractivity contribution in [3.63, 3.8) is 0 Å². The van der Waals surface area contributed by atoms with Gasteiger partial charge in [0.05, 0.1) is 0 Å². The molecule has 0 fully saturated rings. The van der Waals surface area contributed by atoms with E-state index in [1.807, 2.05) is 36.4 Å². The maximum absolute atomic E-state index is 10.4. The highest BCUT2D eigenvalue weighted by Crippen LogP contribution is 2.10. The van der Waals surface area contributed by atoms with Gasteiger partial charge in [-0.05, 0) is 11.6 Å². The average molecular weight is 223 g/mol. The Morgan fingerprint density at radius 3 is 1.93 bits per heavy atom. The predicted octanol–water partition coefficient (Wildman–Crippen LogP) is 4.46. The molecule has 1 rings (SSSR count). The van der Waals surface area contributed by atoms with Crippen molar-refractivity contribution in [1.82, 2.24) is 0 Å². The molecule has 1 aromatic carbocycles. The smallest absolute Gasteiger partial charge is 0.172 e. The van der Waals surface area contributed by atoms with Gasteiger partial charge in [0, 0.05) is 12.5 Å². The summed E-state index contributed by atoms with van der Waals surface area (Å²) < 4.78 is 31.1. The van der Waals surface area contributed by atoms with E-state index in [4.69, 9.17) is 11.6 Å².